The molecule has 1 aliphatic rings. The number of Topliss-reactive ketones (excluding diaryl/α,β-unsaturated/α-hetero) is 1. The molecule has 1 atom stereocenters. The molecule has 6 nitrogen and oxygen atoms in total. The Hall–Kier alpha value is -3.02. The van der Waals surface area contributed by atoms with Gasteiger partial charge in [0, 0.05) is 19.8 Å². The van der Waals surface area contributed by atoms with Crippen LogP contribution in [0.15, 0.2) is 58.4 Å². The van der Waals surface area contributed by atoms with Crippen LogP contribution in [0.3, 0.4) is 0 Å². The Morgan fingerprint density at radius 1 is 1.24 bits per heavy atom. The summed E-state index contributed by atoms with van der Waals surface area (Å²) in [5.41, 5.74) is 1.89. The van der Waals surface area contributed by atoms with Gasteiger partial charge in [-0.2, -0.15) is 0 Å². The summed E-state index contributed by atoms with van der Waals surface area (Å²) in [6.07, 6.45) is 1.52. The molecule has 0 fully saturated rings. The molecule has 130 valence electrons. The van der Waals surface area contributed by atoms with Crippen LogP contribution in [-0.4, -0.2) is 35.8 Å². The van der Waals surface area contributed by atoms with Gasteiger partial charge in [-0.05, 0) is 36.8 Å². The highest BCUT2D eigenvalue weighted by Gasteiger charge is 2.42. The van der Waals surface area contributed by atoms with Crippen molar-refractivity contribution in [3.63, 3.8) is 0 Å². The lowest BCUT2D eigenvalue weighted by molar-refractivity contribution is -0.130. The molecular weight excluding hydrogens is 320 g/mol. The number of hydrogen-bond acceptors (Lipinski definition) is 5. The van der Waals surface area contributed by atoms with Crippen molar-refractivity contribution in [3.05, 3.63) is 65.3 Å². The number of ketones is 1. The Labute approximate surface area is 146 Å². The number of aliphatic hydroxyl groups is 1. The minimum absolute atomic E-state index is 0.120. The average Bonchev–Trinajstić information content (AvgIpc) is 3.17. The number of rotatable bonds is 5. The Morgan fingerprint density at radius 3 is 2.44 bits per heavy atom. The van der Waals surface area contributed by atoms with Crippen molar-refractivity contribution in [2.45, 2.75) is 19.5 Å². The summed E-state index contributed by atoms with van der Waals surface area (Å²) in [6, 6.07) is 10.4. The molecule has 1 amide bonds. The minimum Gasteiger partial charge on any atom is -0.503 e. The molecule has 6 heteroatoms. The molecular formula is C19H20N2O4. The molecule has 0 radical (unpaired) electrons. The fourth-order valence-corrected chi connectivity index (χ4v) is 3.05. The van der Waals surface area contributed by atoms with Gasteiger partial charge in [-0.1, -0.05) is 12.1 Å². The van der Waals surface area contributed by atoms with E-state index in [1.54, 1.807) is 12.1 Å². The van der Waals surface area contributed by atoms with Crippen LogP contribution in [0.4, 0.5) is 5.69 Å². The van der Waals surface area contributed by atoms with E-state index in [-0.39, 0.29) is 17.9 Å². The van der Waals surface area contributed by atoms with Crippen molar-refractivity contribution in [3.8, 4) is 0 Å². The Morgan fingerprint density at radius 2 is 1.92 bits per heavy atom. The minimum atomic E-state index is -0.633. The normalized spacial score (nSPS) is 17.3. The van der Waals surface area contributed by atoms with Crippen LogP contribution in [0.25, 0.3) is 0 Å². The van der Waals surface area contributed by atoms with Crippen LogP contribution in [0.5, 0.6) is 0 Å². The fourth-order valence-electron chi connectivity index (χ4n) is 3.05. The molecule has 0 aliphatic carbocycles. The molecule has 25 heavy (non-hydrogen) atoms. The number of nitrogens with zero attached hydrogens (tertiary/aromatic N) is 2. The number of carbonyl (C=O) groups excluding carboxylic acids is 2. The van der Waals surface area contributed by atoms with Crippen molar-refractivity contribution >= 4 is 17.4 Å². The lowest BCUT2D eigenvalue weighted by atomic mass is 9.96. The number of furan rings is 1. The van der Waals surface area contributed by atoms with E-state index >= 15 is 0 Å². The molecule has 1 aliphatic heterocycles. The summed E-state index contributed by atoms with van der Waals surface area (Å²) < 4.78 is 5.32. The largest absolute Gasteiger partial charge is 0.503 e. The third-order valence-electron chi connectivity index (χ3n) is 4.31. The van der Waals surface area contributed by atoms with Crippen molar-refractivity contribution in [1.82, 2.24) is 4.90 Å². The number of carbonyl (C=O) groups is 2. The first-order valence-corrected chi connectivity index (χ1v) is 7.95. The van der Waals surface area contributed by atoms with E-state index in [1.165, 1.54) is 18.1 Å². The van der Waals surface area contributed by atoms with Crippen molar-refractivity contribution in [1.29, 1.82) is 0 Å². The second-order valence-corrected chi connectivity index (χ2v) is 6.22. The highest BCUT2D eigenvalue weighted by molar-refractivity contribution is 6.08. The van der Waals surface area contributed by atoms with E-state index in [9.17, 15) is 14.7 Å². The number of aliphatic hydroxyl groups excluding tert-OH is 1. The van der Waals surface area contributed by atoms with Gasteiger partial charge in [0.05, 0.1) is 24.4 Å². The van der Waals surface area contributed by atoms with Crippen LogP contribution < -0.4 is 4.90 Å². The first kappa shape index (κ1) is 16.8. The maximum absolute atomic E-state index is 12.5. The van der Waals surface area contributed by atoms with Crippen molar-refractivity contribution in [2.24, 2.45) is 0 Å². The van der Waals surface area contributed by atoms with Gasteiger partial charge in [0.25, 0.3) is 5.91 Å². The number of amides is 1. The van der Waals surface area contributed by atoms with Crippen LogP contribution >= 0.6 is 0 Å². The van der Waals surface area contributed by atoms with E-state index in [4.69, 9.17) is 4.42 Å². The molecule has 0 bridgehead atoms. The summed E-state index contributed by atoms with van der Waals surface area (Å²) >= 11 is 0. The molecule has 0 unspecified atom stereocenters. The summed E-state index contributed by atoms with van der Waals surface area (Å²) in [6.45, 7) is 1.53. The zero-order valence-corrected chi connectivity index (χ0v) is 14.4. The van der Waals surface area contributed by atoms with Crippen LogP contribution in [0.1, 0.15) is 24.3 Å². The van der Waals surface area contributed by atoms with Crippen LogP contribution in [0.2, 0.25) is 0 Å². The lowest BCUT2D eigenvalue weighted by Crippen LogP contribution is -2.30. The average molecular weight is 340 g/mol. The molecule has 0 spiro atoms. The second kappa shape index (κ2) is 6.47. The Balaban J connectivity index is 2.02. The highest BCUT2D eigenvalue weighted by atomic mass is 16.3. The van der Waals surface area contributed by atoms with Gasteiger partial charge in [0.2, 0.25) is 0 Å². The number of hydrogen-bond donors (Lipinski definition) is 1. The summed E-state index contributed by atoms with van der Waals surface area (Å²) in [5.74, 6) is -0.792. The van der Waals surface area contributed by atoms with Gasteiger partial charge in [-0.15, -0.1) is 0 Å². The van der Waals surface area contributed by atoms with Gasteiger partial charge in [-0.3, -0.25) is 9.59 Å². The van der Waals surface area contributed by atoms with Gasteiger partial charge >= 0.3 is 0 Å². The predicted molar refractivity (Wildman–Crippen MR) is 93.1 cm³/mol. The number of anilines is 1. The van der Waals surface area contributed by atoms with E-state index in [0.717, 1.165) is 11.3 Å². The Kier molecular flexibility index (Phi) is 4.35. The predicted octanol–water partition coefficient (Wildman–Crippen LogP) is 2.83. The zero-order valence-electron chi connectivity index (χ0n) is 14.4. The third kappa shape index (κ3) is 3.03. The van der Waals surface area contributed by atoms with Gasteiger partial charge in [0.15, 0.2) is 11.5 Å². The first-order chi connectivity index (χ1) is 11.9. The summed E-state index contributed by atoms with van der Waals surface area (Å²) in [5, 5.41) is 10.2. The smallest absolute Gasteiger partial charge is 0.290 e. The van der Waals surface area contributed by atoms with Gasteiger partial charge < -0.3 is 19.3 Å². The number of benzene rings is 1. The molecule has 1 aromatic heterocycles. The fraction of sp³-hybridized carbons (Fsp3) is 0.263. The van der Waals surface area contributed by atoms with E-state index in [1.807, 2.05) is 43.3 Å². The molecule has 1 N–H and O–H groups in total. The monoisotopic (exact) mass is 340 g/mol. The highest BCUT2D eigenvalue weighted by Crippen LogP contribution is 2.39. The van der Waals surface area contributed by atoms with Gasteiger partial charge in [0.1, 0.15) is 5.76 Å². The summed E-state index contributed by atoms with van der Waals surface area (Å²) in [7, 11) is 3.87. The molecule has 0 saturated heterocycles. The maximum atomic E-state index is 12.5. The third-order valence-corrected chi connectivity index (χ3v) is 4.31. The molecule has 3 rings (SSSR count). The lowest BCUT2D eigenvalue weighted by Gasteiger charge is -2.26. The molecule has 2 heterocycles. The van der Waals surface area contributed by atoms with Gasteiger partial charge in [-0.25, -0.2) is 0 Å². The second-order valence-electron chi connectivity index (χ2n) is 6.22. The van der Waals surface area contributed by atoms with Crippen LogP contribution in [0, 0.1) is 0 Å². The Bertz CT molecular complexity index is 820. The molecule has 0 saturated carbocycles. The first-order valence-electron chi connectivity index (χ1n) is 7.95. The molecule has 1 aromatic carbocycles. The topological polar surface area (TPSA) is 74.0 Å². The SMILES string of the molecule is CC(=O)C1=C(O)C(=O)N(Cc2ccco2)[C@H]1c1ccc(N(C)C)cc1. The van der Waals surface area contributed by atoms with E-state index < -0.39 is 17.7 Å². The molecule has 2 aromatic rings. The standard InChI is InChI=1S/C19H20N2O4/c1-12(22)16-17(13-6-8-14(9-7-13)20(2)3)21(19(24)18(16)23)11-15-5-4-10-25-15/h4-10,17,23H,11H2,1-3H3/t17-/m0/s1. The van der Waals surface area contributed by atoms with Crippen LogP contribution in [-0.2, 0) is 16.1 Å². The van der Waals surface area contributed by atoms with Crippen molar-refractivity contribution < 1.29 is 19.1 Å². The summed E-state index contributed by atoms with van der Waals surface area (Å²) in [4.78, 5) is 28.0. The van der Waals surface area contributed by atoms with E-state index in [2.05, 4.69) is 0 Å². The van der Waals surface area contributed by atoms with Crippen molar-refractivity contribution in [2.75, 3.05) is 19.0 Å². The quantitative estimate of drug-likeness (QED) is 0.906. The maximum Gasteiger partial charge on any atom is 0.290 e. The zero-order chi connectivity index (χ0) is 18.1. The van der Waals surface area contributed by atoms with E-state index in [0.29, 0.717) is 5.76 Å².